The molecule has 0 spiro atoms. The molecular weight excluding hydrogens is 182 g/mol. The normalized spacial score (nSPS) is 15.5. The van der Waals surface area contributed by atoms with Crippen LogP contribution in [0.3, 0.4) is 0 Å². The monoisotopic (exact) mass is 195 g/mol. The van der Waals surface area contributed by atoms with Gasteiger partial charge < -0.3 is 4.74 Å². The van der Waals surface area contributed by atoms with E-state index in [2.05, 4.69) is 4.99 Å². The Bertz CT molecular complexity index is 339. The molecule has 0 saturated heterocycles. The first-order valence-electron chi connectivity index (χ1n) is 4.41. The van der Waals surface area contributed by atoms with Gasteiger partial charge >= 0.3 is 5.97 Å². The molecule has 0 aromatic carbocycles. The van der Waals surface area contributed by atoms with Gasteiger partial charge in [-0.2, -0.15) is 0 Å². The molecule has 4 nitrogen and oxygen atoms in total. The van der Waals surface area contributed by atoms with Crippen molar-refractivity contribution in [2.75, 3.05) is 6.61 Å². The molecule has 76 valence electrons. The summed E-state index contributed by atoms with van der Waals surface area (Å²) in [6, 6.07) is 0. The second kappa shape index (κ2) is 4.17. The minimum Gasteiger partial charge on any atom is -0.461 e. The van der Waals surface area contributed by atoms with Crippen molar-refractivity contribution in [3.63, 3.8) is 0 Å². The fourth-order valence-electron chi connectivity index (χ4n) is 1.20. The number of ether oxygens (including phenoxy) is 1. The number of carbonyl (C=O) groups is 2. The van der Waals surface area contributed by atoms with E-state index in [1.807, 2.05) is 6.92 Å². The van der Waals surface area contributed by atoms with E-state index in [-0.39, 0.29) is 18.4 Å². The molecule has 14 heavy (non-hydrogen) atoms. The summed E-state index contributed by atoms with van der Waals surface area (Å²) in [5.74, 6) is -0.344. The van der Waals surface area contributed by atoms with Crippen molar-refractivity contribution in [2.24, 2.45) is 4.99 Å². The van der Waals surface area contributed by atoms with Gasteiger partial charge in [-0.25, -0.2) is 0 Å². The van der Waals surface area contributed by atoms with E-state index >= 15 is 0 Å². The quantitative estimate of drug-likeness (QED) is 0.637. The van der Waals surface area contributed by atoms with E-state index in [4.69, 9.17) is 4.74 Å². The number of Topliss-reactive ketones (excluding diaryl/α,β-unsaturated/α-hetero) is 1. The number of nitrogens with zero attached hydrogens (tertiary/aromatic N) is 1. The molecule has 1 aliphatic heterocycles. The lowest BCUT2D eigenvalue weighted by atomic mass is 10.1. The third-order valence-electron chi connectivity index (χ3n) is 2.05. The molecule has 4 heteroatoms. The Morgan fingerprint density at radius 2 is 2.07 bits per heavy atom. The molecule has 0 amide bonds. The predicted octanol–water partition coefficient (Wildman–Crippen LogP) is 1.26. The van der Waals surface area contributed by atoms with E-state index in [1.165, 1.54) is 13.8 Å². The van der Waals surface area contributed by atoms with Crippen molar-refractivity contribution in [1.82, 2.24) is 0 Å². The van der Waals surface area contributed by atoms with Gasteiger partial charge in [-0.05, 0) is 12.5 Å². The van der Waals surface area contributed by atoms with Gasteiger partial charge in [-0.1, -0.05) is 0 Å². The van der Waals surface area contributed by atoms with Crippen molar-refractivity contribution in [2.45, 2.75) is 27.2 Å². The Hall–Kier alpha value is -1.45. The maximum Gasteiger partial charge on any atom is 0.302 e. The van der Waals surface area contributed by atoms with E-state index in [9.17, 15) is 9.59 Å². The molecule has 1 heterocycles. The van der Waals surface area contributed by atoms with Crippen LogP contribution in [0.1, 0.15) is 27.2 Å². The molecular formula is C10H13NO3. The van der Waals surface area contributed by atoms with Gasteiger partial charge in [-0.15, -0.1) is 0 Å². The molecule has 1 rings (SSSR count). The Morgan fingerprint density at radius 1 is 1.43 bits per heavy atom. The van der Waals surface area contributed by atoms with Gasteiger partial charge in [0.15, 0.2) is 5.78 Å². The molecule has 1 aliphatic rings. The summed E-state index contributed by atoms with van der Waals surface area (Å²) in [4.78, 5) is 25.7. The van der Waals surface area contributed by atoms with Crippen LogP contribution >= 0.6 is 0 Å². The fraction of sp³-hybridized carbons (Fsp3) is 0.500. The van der Waals surface area contributed by atoms with Crippen LogP contribution in [-0.2, 0) is 14.3 Å². The lowest BCUT2D eigenvalue weighted by Crippen LogP contribution is -2.09. The van der Waals surface area contributed by atoms with Crippen LogP contribution < -0.4 is 0 Å². The predicted molar refractivity (Wildman–Crippen MR) is 52.1 cm³/mol. The van der Waals surface area contributed by atoms with Crippen LogP contribution in [0.15, 0.2) is 16.3 Å². The Labute approximate surface area is 82.7 Å². The van der Waals surface area contributed by atoms with E-state index in [0.717, 1.165) is 11.3 Å². The van der Waals surface area contributed by atoms with Gasteiger partial charge in [0.2, 0.25) is 0 Å². The van der Waals surface area contributed by atoms with Gasteiger partial charge in [0.1, 0.15) is 6.61 Å². The summed E-state index contributed by atoms with van der Waals surface area (Å²) in [6.45, 7) is 4.90. The Kier molecular flexibility index (Phi) is 3.17. The molecule has 0 N–H and O–H groups in total. The third kappa shape index (κ3) is 2.52. The zero-order chi connectivity index (χ0) is 10.7. The number of hydrogen-bond donors (Lipinski definition) is 0. The maximum absolute atomic E-state index is 11.0. The first-order valence-corrected chi connectivity index (χ1v) is 4.41. The zero-order valence-corrected chi connectivity index (χ0v) is 8.59. The van der Waals surface area contributed by atoms with E-state index in [0.29, 0.717) is 12.1 Å². The number of allylic oxidation sites excluding steroid dienone is 1. The average Bonchev–Trinajstić information content (AvgIpc) is 2.43. The van der Waals surface area contributed by atoms with E-state index in [1.54, 1.807) is 0 Å². The number of esters is 1. The Balaban J connectivity index is 2.57. The Morgan fingerprint density at radius 3 is 2.50 bits per heavy atom. The summed E-state index contributed by atoms with van der Waals surface area (Å²) in [7, 11) is 0. The first-order chi connectivity index (χ1) is 6.50. The van der Waals surface area contributed by atoms with Crippen molar-refractivity contribution in [3.05, 3.63) is 11.3 Å². The smallest absolute Gasteiger partial charge is 0.302 e. The molecule has 0 aliphatic carbocycles. The first kappa shape index (κ1) is 10.6. The van der Waals surface area contributed by atoms with Crippen LogP contribution in [0.2, 0.25) is 0 Å². The minimum absolute atomic E-state index is 0.0258. The van der Waals surface area contributed by atoms with E-state index < -0.39 is 0 Å². The SMILES string of the molecule is CC(=O)OCC1=C(C)N=C(C(C)=O)C1. The maximum atomic E-state index is 11.0. The second-order valence-corrected chi connectivity index (χ2v) is 3.26. The molecule has 0 saturated carbocycles. The second-order valence-electron chi connectivity index (χ2n) is 3.26. The average molecular weight is 195 g/mol. The van der Waals surface area contributed by atoms with Crippen molar-refractivity contribution >= 4 is 17.5 Å². The van der Waals surface area contributed by atoms with Crippen molar-refractivity contribution in [3.8, 4) is 0 Å². The molecule has 0 atom stereocenters. The summed E-state index contributed by atoms with van der Waals surface area (Å²) in [5, 5.41) is 0. The highest BCUT2D eigenvalue weighted by molar-refractivity contribution is 6.40. The standard InChI is InChI=1S/C10H13NO3/c1-6-9(5-14-8(3)13)4-10(11-6)7(2)12/h4-5H2,1-3H3. The molecule has 0 aromatic heterocycles. The summed E-state index contributed by atoms with van der Waals surface area (Å²) >= 11 is 0. The number of ketones is 1. The van der Waals surface area contributed by atoms with Gasteiger partial charge in [0, 0.05) is 26.0 Å². The highest BCUT2D eigenvalue weighted by Gasteiger charge is 2.18. The molecule has 0 radical (unpaired) electrons. The number of aliphatic imine (C=N–C) groups is 1. The van der Waals surface area contributed by atoms with Crippen LogP contribution in [-0.4, -0.2) is 24.1 Å². The van der Waals surface area contributed by atoms with Crippen molar-refractivity contribution in [1.29, 1.82) is 0 Å². The van der Waals surface area contributed by atoms with Crippen LogP contribution in [0.4, 0.5) is 0 Å². The number of hydrogen-bond acceptors (Lipinski definition) is 4. The highest BCUT2D eigenvalue weighted by Crippen LogP contribution is 2.19. The highest BCUT2D eigenvalue weighted by atomic mass is 16.5. The summed E-state index contributed by atoms with van der Waals surface area (Å²) < 4.78 is 4.84. The van der Waals surface area contributed by atoms with Crippen molar-refractivity contribution < 1.29 is 14.3 Å². The summed E-state index contributed by atoms with van der Waals surface area (Å²) in [5.41, 5.74) is 2.24. The lowest BCUT2D eigenvalue weighted by Gasteiger charge is -2.03. The number of carbonyl (C=O) groups excluding carboxylic acids is 2. The topological polar surface area (TPSA) is 55.7 Å². The largest absolute Gasteiger partial charge is 0.461 e. The molecule has 0 bridgehead atoms. The minimum atomic E-state index is -0.318. The van der Waals surface area contributed by atoms with Gasteiger partial charge in [0.05, 0.1) is 5.71 Å². The van der Waals surface area contributed by atoms with Gasteiger partial charge in [-0.3, -0.25) is 14.6 Å². The van der Waals surface area contributed by atoms with Crippen LogP contribution in [0, 0.1) is 0 Å². The van der Waals surface area contributed by atoms with Crippen LogP contribution in [0.25, 0.3) is 0 Å². The van der Waals surface area contributed by atoms with Gasteiger partial charge in [0.25, 0.3) is 0 Å². The molecule has 0 unspecified atom stereocenters. The third-order valence-corrected chi connectivity index (χ3v) is 2.05. The number of rotatable bonds is 3. The molecule has 0 fully saturated rings. The zero-order valence-electron chi connectivity index (χ0n) is 8.59. The van der Waals surface area contributed by atoms with Crippen LogP contribution in [0.5, 0.6) is 0 Å². The fourth-order valence-corrected chi connectivity index (χ4v) is 1.20. The lowest BCUT2D eigenvalue weighted by molar-refractivity contribution is -0.140. The summed E-state index contributed by atoms with van der Waals surface area (Å²) in [6.07, 6.45) is 0.508. The molecule has 0 aromatic rings.